The van der Waals surface area contributed by atoms with Crippen LogP contribution < -0.4 is 0 Å². The predicted octanol–water partition coefficient (Wildman–Crippen LogP) is 6.96. The van der Waals surface area contributed by atoms with Crippen LogP contribution in [0.2, 0.25) is 0 Å². The van der Waals surface area contributed by atoms with Gasteiger partial charge in [-0.25, -0.2) is 0 Å². The van der Waals surface area contributed by atoms with Crippen molar-refractivity contribution >= 4 is 24.2 Å². The minimum atomic E-state index is -0.199. The molecule has 2 aromatic carbocycles. The Labute approximate surface area is 191 Å². The maximum atomic E-state index is 11.7. The van der Waals surface area contributed by atoms with Crippen LogP contribution in [-0.4, -0.2) is 29.5 Å². The zero-order valence-corrected chi connectivity index (χ0v) is 18.9. The summed E-state index contributed by atoms with van der Waals surface area (Å²) in [5.41, 5.74) is 3.62. The molecule has 0 N–H and O–H groups in total. The number of nitro benzene ring substituents is 1. The second-order valence-electron chi connectivity index (χ2n) is 8.80. The summed E-state index contributed by atoms with van der Waals surface area (Å²) in [6, 6.07) is 16.6. The summed E-state index contributed by atoms with van der Waals surface area (Å²) in [7, 11) is 0. The van der Waals surface area contributed by atoms with Crippen LogP contribution in [0.5, 0.6) is 0 Å². The lowest BCUT2D eigenvalue weighted by Crippen LogP contribution is -2.32. The Kier molecular flexibility index (Phi) is 8.68. The average molecular weight is 441 g/mol. The lowest BCUT2D eigenvalue weighted by Gasteiger charge is -2.31. The molecule has 1 saturated carbocycles. The minimum Gasteiger partial charge on any atom is -0.300 e. The molecule has 0 radical (unpaired) electrons. The van der Waals surface area contributed by atoms with Crippen LogP contribution in [0.15, 0.2) is 54.6 Å². The Balaban J connectivity index is 0.00000272. The SMILES string of the molecule is Cl.O=[N+]([O-])c1cc(C=CCN2CCC(c3ccccc3)CC2)ccc1C1CCCCC1. The number of benzene rings is 2. The van der Waals surface area contributed by atoms with E-state index in [1.54, 1.807) is 6.07 Å². The third-order valence-corrected chi connectivity index (χ3v) is 6.83. The number of hydrogen-bond acceptors (Lipinski definition) is 3. The van der Waals surface area contributed by atoms with Crippen LogP contribution in [0.1, 0.15) is 73.5 Å². The van der Waals surface area contributed by atoms with Gasteiger partial charge in [-0.3, -0.25) is 15.0 Å². The van der Waals surface area contributed by atoms with Crippen molar-refractivity contribution in [1.82, 2.24) is 4.90 Å². The summed E-state index contributed by atoms with van der Waals surface area (Å²) in [6.07, 6.45) is 12.4. The fraction of sp³-hybridized carbons (Fsp3) is 0.462. The molecule has 1 heterocycles. The van der Waals surface area contributed by atoms with Crippen LogP contribution in [0.3, 0.4) is 0 Å². The topological polar surface area (TPSA) is 46.4 Å². The number of rotatable bonds is 6. The summed E-state index contributed by atoms with van der Waals surface area (Å²) >= 11 is 0. The van der Waals surface area contributed by atoms with Gasteiger partial charge >= 0.3 is 0 Å². The molecule has 0 amide bonds. The Morgan fingerprint density at radius 3 is 2.32 bits per heavy atom. The van der Waals surface area contributed by atoms with Crippen molar-refractivity contribution in [2.75, 3.05) is 19.6 Å². The number of nitrogens with zero attached hydrogens (tertiary/aromatic N) is 2. The molecule has 2 aromatic rings. The van der Waals surface area contributed by atoms with Crippen molar-refractivity contribution in [2.24, 2.45) is 0 Å². The predicted molar refractivity (Wildman–Crippen MR) is 130 cm³/mol. The fourth-order valence-electron chi connectivity index (χ4n) is 5.09. The van der Waals surface area contributed by atoms with Gasteiger partial charge in [-0.2, -0.15) is 0 Å². The van der Waals surface area contributed by atoms with E-state index in [4.69, 9.17) is 0 Å². The van der Waals surface area contributed by atoms with E-state index in [2.05, 4.69) is 47.4 Å². The average Bonchev–Trinajstić information content (AvgIpc) is 2.80. The van der Waals surface area contributed by atoms with Crippen LogP contribution in [0.4, 0.5) is 5.69 Å². The van der Waals surface area contributed by atoms with Gasteiger partial charge in [-0.05, 0) is 61.7 Å². The molecule has 2 aliphatic rings. The van der Waals surface area contributed by atoms with Crippen molar-refractivity contribution in [3.05, 3.63) is 81.4 Å². The van der Waals surface area contributed by atoms with Gasteiger partial charge < -0.3 is 0 Å². The lowest BCUT2D eigenvalue weighted by molar-refractivity contribution is -0.385. The van der Waals surface area contributed by atoms with E-state index in [1.807, 2.05) is 12.1 Å². The molecule has 0 atom stereocenters. The van der Waals surface area contributed by atoms with Gasteiger partial charge in [0.15, 0.2) is 0 Å². The number of halogens is 1. The summed E-state index contributed by atoms with van der Waals surface area (Å²) in [4.78, 5) is 13.9. The molecule has 166 valence electrons. The van der Waals surface area contributed by atoms with Crippen LogP contribution in [0, 0.1) is 10.1 Å². The number of hydrogen-bond donors (Lipinski definition) is 0. The highest BCUT2D eigenvalue weighted by atomic mass is 35.5. The smallest absolute Gasteiger partial charge is 0.273 e. The van der Waals surface area contributed by atoms with Crippen molar-refractivity contribution in [3.63, 3.8) is 0 Å². The van der Waals surface area contributed by atoms with Crippen molar-refractivity contribution < 1.29 is 4.92 Å². The molecule has 4 nitrogen and oxygen atoms in total. The molecule has 0 bridgehead atoms. The van der Waals surface area contributed by atoms with Crippen LogP contribution in [-0.2, 0) is 0 Å². The van der Waals surface area contributed by atoms with Gasteiger partial charge in [-0.15, -0.1) is 12.4 Å². The molecule has 1 aliphatic heterocycles. The Morgan fingerprint density at radius 1 is 0.935 bits per heavy atom. The molecule has 1 aliphatic carbocycles. The van der Waals surface area contributed by atoms with Crippen molar-refractivity contribution in [3.8, 4) is 0 Å². The second kappa shape index (κ2) is 11.4. The summed E-state index contributed by atoms with van der Waals surface area (Å²) in [5, 5.41) is 11.7. The highest BCUT2D eigenvalue weighted by Gasteiger charge is 2.24. The first-order valence-electron chi connectivity index (χ1n) is 11.4. The van der Waals surface area contributed by atoms with Gasteiger partial charge in [0.2, 0.25) is 0 Å². The number of piperidine rings is 1. The first-order valence-corrected chi connectivity index (χ1v) is 11.4. The number of nitro groups is 1. The van der Waals surface area contributed by atoms with E-state index in [0.717, 1.165) is 43.6 Å². The van der Waals surface area contributed by atoms with Crippen LogP contribution >= 0.6 is 12.4 Å². The Bertz CT molecular complexity index is 870. The molecular formula is C26H33ClN2O2. The highest BCUT2D eigenvalue weighted by Crippen LogP contribution is 2.37. The van der Waals surface area contributed by atoms with Gasteiger partial charge in [0.05, 0.1) is 4.92 Å². The minimum absolute atomic E-state index is 0. The molecule has 0 aromatic heterocycles. The molecule has 31 heavy (non-hydrogen) atoms. The van der Waals surface area contributed by atoms with Gasteiger partial charge in [0.25, 0.3) is 5.69 Å². The molecule has 2 fully saturated rings. The normalized spacial score (nSPS) is 18.7. The molecule has 0 unspecified atom stereocenters. The standard InChI is InChI=1S/C26H32N2O2.ClH/c29-28(30)26-20-21(13-14-25(26)24-11-5-2-6-12-24)8-7-17-27-18-15-23(16-19-27)22-9-3-1-4-10-22;/h1,3-4,7-10,13-14,20,23-24H,2,5-6,11-12,15-19H2;1H. The molecular weight excluding hydrogens is 408 g/mol. The van der Waals surface area contributed by atoms with Gasteiger partial charge in [0.1, 0.15) is 0 Å². The van der Waals surface area contributed by atoms with Crippen LogP contribution in [0.25, 0.3) is 6.08 Å². The maximum absolute atomic E-state index is 11.7. The van der Waals surface area contributed by atoms with Gasteiger partial charge in [-0.1, -0.05) is 73.9 Å². The zero-order chi connectivity index (χ0) is 20.8. The Morgan fingerprint density at radius 2 is 1.65 bits per heavy atom. The van der Waals surface area contributed by atoms with E-state index in [0.29, 0.717) is 17.5 Å². The summed E-state index contributed by atoms with van der Waals surface area (Å²) in [5.74, 6) is 1.02. The quantitative estimate of drug-likeness (QED) is 0.360. The Hall–Kier alpha value is -2.17. The molecule has 5 heteroatoms. The summed E-state index contributed by atoms with van der Waals surface area (Å²) in [6.45, 7) is 3.11. The zero-order valence-electron chi connectivity index (χ0n) is 18.1. The van der Waals surface area contributed by atoms with E-state index in [9.17, 15) is 10.1 Å². The van der Waals surface area contributed by atoms with E-state index >= 15 is 0 Å². The third kappa shape index (κ3) is 6.18. The summed E-state index contributed by atoms with van der Waals surface area (Å²) < 4.78 is 0. The van der Waals surface area contributed by atoms with Crippen molar-refractivity contribution in [1.29, 1.82) is 0 Å². The highest BCUT2D eigenvalue weighted by molar-refractivity contribution is 5.85. The molecule has 0 spiro atoms. The number of likely N-dealkylation sites (tertiary alicyclic amines) is 1. The monoisotopic (exact) mass is 440 g/mol. The van der Waals surface area contributed by atoms with E-state index in [1.165, 1.54) is 37.7 Å². The third-order valence-electron chi connectivity index (χ3n) is 6.83. The largest absolute Gasteiger partial charge is 0.300 e. The van der Waals surface area contributed by atoms with Gasteiger partial charge in [0, 0.05) is 18.2 Å². The first-order chi connectivity index (χ1) is 14.7. The maximum Gasteiger partial charge on any atom is 0.273 e. The van der Waals surface area contributed by atoms with Crippen molar-refractivity contribution in [2.45, 2.75) is 56.8 Å². The fourth-order valence-corrected chi connectivity index (χ4v) is 5.09. The lowest BCUT2D eigenvalue weighted by atomic mass is 9.83. The second-order valence-corrected chi connectivity index (χ2v) is 8.80. The molecule has 4 rings (SSSR count). The van der Waals surface area contributed by atoms with E-state index < -0.39 is 0 Å². The van der Waals surface area contributed by atoms with E-state index in [-0.39, 0.29) is 17.3 Å². The first kappa shape index (κ1) is 23.5. The molecule has 1 saturated heterocycles.